The first-order valence-corrected chi connectivity index (χ1v) is 8.22. The minimum Gasteiger partial charge on any atom is -0.342 e. The fourth-order valence-corrected chi connectivity index (χ4v) is 4.65. The maximum Gasteiger partial charge on any atom is 0.230 e. The standard InChI is InChI=1S/C16H28N2O.ClH/c1-18(14-8-3-2-4-9-14)15(19)16-10-6-5-7-13(16)11-17-12-16;/h13-14,17H,2-12H2,1H3;1H/t13-,16+;/m0./s1. The van der Waals surface area contributed by atoms with Crippen molar-refractivity contribution in [2.45, 2.75) is 63.8 Å². The van der Waals surface area contributed by atoms with Gasteiger partial charge in [-0.15, -0.1) is 12.4 Å². The first-order chi connectivity index (χ1) is 9.24. The molecular weight excluding hydrogens is 272 g/mol. The van der Waals surface area contributed by atoms with E-state index >= 15 is 0 Å². The van der Waals surface area contributed by atoms with Crippen LogP contribution >= 0.6 is 12.4 Å². The summed E-state index contributed by atoms with van der Waals surface area (Å²) in [6.45, 7) is 1.98. The molecule has 0 unspecified atom stereocenters. The predicted molar refractivity (Wildman–Crippen MR) is 84.2 cm³/mol. The van der Waals surface area contributed by atoms with Crippen molar-refractivity contribution in [3.05, 3.63) is 0 Å². The van der Waals surface area contributed by atoms with Gasteiger partial charge in [-0.2, -0.15) is 0 Å². The van der Waals surface area contributed by atoms with Crippen molar-refractivity contribution < 1.29 is 4.79 Å². The summed E-state index contributed by atoms with van der Waals surface area (Å²) >= 11 is 0. The second-order valence-electron chi connectivity index (χ2n) is 6.94. The molecule has 2 atom stereocenters. The van der Waals surface area contributed by atoms with E-state index in [1.807, 2.05) is 0 Å². The van der Waals surface area contributed by atoms with Gasteiger partial charge in [0.1, 0.15) is 0 Å². The molecule has 2 aliphatic carbocycles. The molecule has 3 fully saturated rings. The Kier molecular flexibility index (Phi) is 5.36. The van der Waals surface area contributed by atoms with Crippen molar-refractivity contribution in [2.75, 3.05) is 20.1 Å². The molecule has 1 heterocycles. The molecule has 0 aromatic heterocycles. The van der Waals surface area contributed by atoms with Crippen LogP contribution in [0.1, 0.15) is 57.8 Å². The number of carbonyl (C=O) groups excluding carboxylic acids is 1. The monoisotopic (exact) mass is 300 g/mol. The first-order valence-electron chi connectivity index (χ1n) is 8.22. The van der Waals surface area contributed by atoms with Gasteiger partial charge in [-0.1, -0.05) is 32.1 Å². The van der Waals surface area contributed by atoms with E-state index in [-0.39, 0.29) is 17.8 Å². The lowest BCUT2D eigenvalue weighted by molar-refractivity contribution is -0.146. The Morgan fingerprint density at radius 2 is 1.80 bits per heavy atom. The van der Waals surface area contributed by atoms with Crippen LogP contribution in [0.25, 0.3) is 0 Å². The smallest absolute Gasteiger partial charge is 0.230 e. The number of carbonyl (C=O) groups is 1. The van der Waals surface area contributed by atoms with Gasteiger partial charge in [-0.25, -0.2) is 0 Å². The van der Waals surface area contributed by atoms with Crippen LogP contribution in [-0.2, 0) is 4.79 Å². The number of amides is 1. The summed E-state index contributed by atoms with van der Waals surface area (Å²) in [5.74, 6) is 1.05. The Labute approximate surface area is 129 Å². The van der Waals surface area contributed by atoms with E-state index in [4.69, 9.17) is 0 Å². The molecule has 0 aromatic rings. The number of fused-ring (bicyclic) bond motifs is 1. The van der Waals surface area contributed by atoms with Gasteiger partial charge in [0, 0.05) is 19.6 Å². The predicted octanol–water partition coefficient (Wildman–Crippen LogP) is 2.98. The third-order valence-electron chi connectivity index (χ3n) is 5.91. The molecule has 3 nitrogen and oxygen atoms in total. The quantitative estimate of drug-likeness (QED) is 0.850. The molecule has 0 bridgehead atoms. The molecule has 1 aliphatic heterocycles. The number of hydrogen-bond acceptors (Lipinski definition) is 2. The number of halogens is 1. The van der Waals surface area contributed by atoms with Crippen molar-refractivity contribution in [3.63, 3.8) is 0 Å². The summed E-state index contributed by atoms with van der Waals surface area (Å²) in [6, 6.07) is 0.513. The molecule has 116 valence electrons. The first kappa shape index (κ1) is 16.1. The van der Waals surface area contributed by atoms with Gasteiger partial charge in [0.2, 0.25) is 5.91 Å². The molecule has 1 saturated heterocycles. The van der Waals surface area contributed by atoms with Gasteiger partial charge in [0.25, 0.3) is 0 Å². The molecule has 2 saturated carbocycles. The number of nitrogens with one attached hydrogen (secondary N) is 1. The zero-order valence-corrected chi connectivity index (χ0v) is 13.5. The second-order valence-corrected chi connectivity index (χ2v) is 6.94. The van der Waals surface area contributed by atoms with Gasteiger partial charge in [-0.3, -0.25) is 4.79 Å². The van der Waals surface area contributed by atoms with Crippen LogP contribution in [-0.4, -0.2) is 37.0 Å². The van der Waals surface area contributed by atoms with Crippen molar-refractivity contribution in [1.29, 1.82) is 0 Å². The Morgan fingerprint density at radius 3 is 2.55 bits per heavy atom. The SMILES string of the molecule is CN(C(=O)[C@@]12CCCC[C@H]1CNC2)C1CCCCC1.Cl. The second kappa shape index (κ2) is 6.65. The van der Waals surface area contributed by atoms with Crippen LogP contribution in [0.4, 0.5) is 0 Å². The highest BCUT2D eigenvalue weighted by molar-refractivity contribution is 5.85. The van der Waals surface area contributed by atoms with Crippen LogP contribution in [0.2, 0.25) is 0 Å². The van der Waals surface area contributed by atoms with E-state index in [1.165, 1.54) is 51.4 Å². The Bertz CT molecular complexity index is 343. The Balaban J connectivity index is 0.00000147. The normalized spacial score (nSPS) is 34.1. The largest absolute Gasteiger partial charge is 0.342 e. The molecule has 1 N–H and O–H groups in total. The van der Waals surface area contributed by atoms with Crippen molar-refractivity contribution in [2.24, 2.45) is 11.3 Å². The van der Waals surface area contributed by atoms with Crippen LogP contribution < -0.4 is 5.32 Å². The number of rotatable bonds is 2. The third kappa shape index (κ3) is 2.71. The van der Waals surface area contributed by atoms with E-state index in [0.29, 0.717) is 17.9 Å². The number of nitrogens with zero attached hydrogens (tertiary/aromatic N) is 1. The highest BCUT2D eigenvalue weighted by Gasteiger charge is 2.51. The van der Waals surface area contributed by atoms with Gasteiger partial charge >= 0.3 is 0 Å². The summed E-state index contributed by atoms with van der Waals surface area (Å²) in [5.41, 5.74) is -0.0511. The third-order valence-corrected chi connectivity index (χ3v) is 5.91. The highest BCUT2D eigenvalue weighted by atomic mass is 35.5. The van der Waals surface area contributed by atoms with Gasteiger partial charge in [0.15, 0.2) is 0 Å². The minimum absolute atomic E-state index is 0. The van der Waals surface area contributed by atoms with E-state index in [9.17, 15) is 4.79 Å². The molecular formula is C16H29ClN2O. The van der Waals surface area contributed by atoms with Crippen LogP contribution in [0.15, 0.2) is 0 Å². The average molecular weight is 301 g/mol. The molecule has 1 amide bonds. The Morgan fingerprint density at radius 1 is 1.10 bits per heavy atom. The van der Waals surface area contributed by atoms with Crippen molar-refractivity contribution in [3.8, 4) is 0 Å². The van der Waals surface area contributed by atoms with E-state index in [2.05, 4.69) is 17.3 Å². The van der Waals surface area contributed by atoms with Crippen molar-refractivity contribution in [1.82, 2.24) is 10.2 Å². The number of hydrogen-bond donors (Lipinski definition) is 1. The highest BCUT2D eigenvalue weighted by Crippen LogP contribution is 2.45. The zero-order chi connectivity index (χ0) is 13.3. The lowest BCUT2D eigenvalue weighted by Crippen LogP contribution is -2.51. The average Bonchev–Trinajstić information content (AvgIpc) is 2.91. The topological polar surface area (TPSA) is 32.3 Å². The van der Waals surface area contributed by atoms with Crippen LogP contribution in [0.3, 0.4) is 0 Å². The van der Waals surface area contributed by atoms with Crippen LogP contribution in [0, 0.1) is 11.3 Å². The van der Waals surface area contributed by atoms with E-state index < -0.39 is 0 Å². The summed E-state index contributed by atoms with van der Waals surface area (Å²) < 4.78 is 0. The van der Waals surface area contributed by atoms with Gasteiger partial charge < -0.3 is 10.2 Å². The molecule has 0 aromatic carbocycles. The maximum absolute atomic E-state index is 13.1. The lowest BCUT2D eigenvalue weighted by atomic mass is 9.67. The summed E-state index contributed by atoms with van der Waals surface area (Å²) in [4.78, 5) is 15.2. The maximum atomic E-state index is 13.1. The molecule has 20 heavy (non-hydrogen) atoms. The van der Waals surface area contributed by atoms with Crippen molar-refractivity contribution >= 4 is 18.3 Å². The fraction of sp³-hybridized carbons (Fsp3) is 0.938. The molecule has 3 aliphatic rings. The summed E-state index contributed by atoms with van der Waals surface area (Å²) in [6.07, 6.45) is 11.3. The molecule has 4 heteroatoms. The fourth-order valence-electron chi connectivity index (χ4n) is 4.65. The lowest BCUT2D eigenvalue weighted by Gasteiger charge is -2.42. The summed E-state index contributed by atoms with van der Waals surface area (Å²) in [5, 5.41) is 3.50. The molecule has 3 rings (SSSR count). The van der Waals surface area contributed by atoms with Crippen LogP contribution in [0.5, 0.6) is 0 Å². The van der Waals surface area contributed by atoms with Gasteiger partial charge in [-0.05, 0) is 38.1 Å². The molecule has 0 spiro atoms. The Hall–Kier alpha value is -0.280. The van der Waals surface area contributed by atoms with E-state index in [0.717, 1.165) is 19.5 Å². The molecule has 0 radical (unpaired) electrons. The van der Waals surface area contributed by atoms with E-state index in [1.54, 1.807) is 0 Å². The minimum atomic E-state index is -0.0511. The zero-order valence-electron chi connectivity index (χ0n) is 12.7. The van der Waals surface area contributed by atoms with Gasteiger partial charge in [0.05, 0.1) is 5.41 Å². The summed E-state index contributed by atoms with van der Waals surface area (Å²) in [7, 11) is 2.07.